The lowest BCUT2D eigenvalue weighted by atomic mass is 10.1. The molecule has 3 aromatic rings. The second kappa shape index (κ2) is 6.91. The van der Waals surface area contributed by atoms with Crippen molar-refractivity contribution in [3.63, 3.8) is 0 Å². The molecular formula is C17H11F4N3O4. The van der Waals surface area contributed by atoms with Crippen LogP contribution in [0.1, 0.15) is 18.5 Å². The zero-order valence-electron chi connectivity index (χ0n) is 14.1. The van der Waals surface area contributed by atoms with Gasteiger partial charge >= 0.3 is 12.0 Å². The molecule has 0 fully saturated rings. The molecule has 0 aliphatic carbocycles. The van der Waals surface area contributed by atoms with Crippen molar-refractivity contribution in [3.8, 4) is 5.75 Å². The molecule has 1 atom stereocenters. The van der Waals surface area contributed by atoms with Crippen molar-refractivity contribution in [2.75, 3.05) is 0 Å². The van der Waals surface area contributed by atoms with Gasteiger partial charge in [-0.15, -0.1) is 13.2 Å². The van der Waals surface area contributed by atoms with E-state index in [-0.39, 0.29) is 16.6 Å². The lowest BCUT2D eigenvalue weighted by molar-refractivity contribution is -0.387. The first-order valence-electron chi connectivity index (χ1n) is 7.78. The second-order valence-electron chi connectivity index (χ2n) is 5.81. The van der Waals surface area contributed by atoms with E-state index in [4.69, 9.17) is 0 Å². The van der Waals surface area contributed by atoms with Crippen molar-refractivity contribution in [2.24, 2.45) is 0 Å². The molecule has 0 N–H and O–H groups in total. The first-order valence-corrected chi connectivity index (χ1v) is 7.78. The molecule has 0 amide bonds. The van der Waals surface area contributed by atoms with E-state index in [0.717, 1.165) is 35.0 Å². The fourth-order valence-electron chi connectivity index (χ4n) is 2.80. The zero-order valence-corrected chi connectivity index (χ0v) is 14.1. The Kier molecular flexibility index (Phi) is 4.75. The monoisotopic (exact) mass is 397 g/mol. The Labute approximate surface area is 154 Å². The number of hydrogen-bond acceptors (Lipinski definition) is 5. The summed E-state index contributed by atoms with van der Waals surface area (Å²) in [6.07, 6.45) is -3.99. The number of benzene rings is 2. The van der Waals surface area contributed by atoms with Crippen molar-refractivity contribution in [1.82, 2.24) is 9.55 Å². The van der Waals surface area contributed by atoms with Gasteiger partial charge in [-0.25, -0.2) is 4.98 Å². The zero-order chi connectivity index (χ0) is 20.6. The number of halogens is 4. The number of aromatic nitrogens is 2. The average Bonchev–Trinajstić information content (AvgIpc) is 2.59. The van der Waals surface area contributed by atoms with E-state index in [1.165, 1.54) is 19.1 Å². The Bertz CT molecular complexity index is 1130. The van der Waals surface area contributed by atoms with Crippen LogP contribution in [0.25, 0.3) is 11.0 Å². The molecule has 0 radical (unpaired) electrons. The Balaban J connectivity index is 2.14. The van der Waals surface area contributed by atoms with Crippen LogP contribution in [0, 0.1) is 15.9 Å². The minimum absolute atomic E-state index is 0.0118. The summed E-state index contributed by atoms with van der Waals surface area (Å²) >= 11 is 0. The quantitative estimate of drug-likeness (QED) is 0.378. The van der Waals surface area contributed by atoms with Crippen LogP contribution in [-0.2, 0) is 0 Å². The molecule has 0 bridgehead atoms. The van der Waals surface area contributed by atoms with Gasteiger partial charge in [0.2, 0.25) is 5.82 Å². The van der Waals surface area contributed by atoms with Crippen molar-refractivity contribution >= 4 is 16.7 Å². The third kappa shape index (κ3) is 3.77. The van der Waals surface area contributed by atoms with Crippen molar-refractivity contribution in [2.45, 2.75) is 19.3 Å². The molecular weight excluding hydrogens is 386 g/mol. The number of fused-ring (bicyclic) bond motifs is 1. The van der Waals surface area contributed by atoms with Crippen LogP contribution in [0.5, 0.6) is 5.75 Å². The summed E-state index contributed by atoms with van der Waals surface area (Å²) in [5, 5.41) is 10.9. The summed E-state index contributed by atoms with van der Waals surface area (Å²) < 4.78 is 56.3. The van der Waals surface area contributed by atoms with Gasteiger partial charge in [0, 0.05) is 12.1 Å². The summed E-state index contributed by atoms with van der Waals surface area (Å²) in [6, 6.07) is 5.82. The maximum Gasteiger partial charge on any atom is 0.573 e. The molecule has 3 rings (SSSR count). The Hall–Kier alpha value is -3.50. The maximum atomic E-state index is 14.1. The van der Waals surface area contributed by atoms with Crippen molar-refractivity contribution in [3.05, 3.63) is 74.4 Å². The molecule has 1 aromatic heterocycles. The summed E-state index contributed by atoms with van der Waals surface area (Å²) in [6.45, 7) is 1.51. The van der Waals surface area contributed by atoms with Crippen LogP contribution in [0.2, 0.25) is 0 Å². The normalized spacial score (nSPS) is 12.8. The van der Waals surface area contributed by atoms with Gasteiger partial charge in [0.1, 0.15) is 5.75 Å². The number of alkyl halides is 3. The highest BCUT2D eigenvalue weighted by molar-refractivity contribution is 5.78. The molecule has 0 aliphatic heterocycles. The fourth-order valence-corrected chi connectivity index (χ4v) is 2.80. The molecule has 0 saturated carbocycles. The standard InChI is InChI=1S/C17H11F4N3O4/c1-9(10-3-2-4-11(5-10)28-17(19,20)21)23-15-6-12(18)14(24(26)27)7-13(15)22-8-16(23)25/h2-9H,1H3. The first kappa shape index (κ1) is 19.3. The van der Waals surface area contributed by atoms with Crippen LogP contribution in [0.4, 0.5) is 23.2 Å². The van der Waals surface area contributed by atoms with Crippen LogP contribution in [-0.4, -0.2) is 20.8 Å². The van der Waals surface area contributed by atoms with Crippen LogP contribution < -0.4 is 10.3 Å². The van der Waals surface area contributed by atoms with E-state index < -0.39 is 40.1 Å². The number of nitro benzene ring substituents is 1. The van der Waals surface area contributed by atoms with Gasteiger partial charge in [-0.2, -0.15) is 4.39 Å². The Morgan fingerprint density at radius 2 is 1.96 bits per heavy atom. The molecule has 0 spiro atoms. The van der Waals surface area contributed by atoms with E-state index >= 15 is 0 Å². The van der Waals surface area contributed by atoms with Crippen LogP contribution >= 0.6 is 0 Å². The highest BCUT2D eigenvalue weighted by atomic mass is 19.4. The second-order valence-corrected chi connectivity index (χ2v) is 5.81. The number of ether oxygens (including phenoxy) is 1. The molecule has 2 aromatic carbocycles. The SMILES string of the molecule is CC(c1cccc(OC(F)(F)F)c1)n1c(=O)cnc2cc([N+](=O)[O-])c(F)cc21. The van der Waals surface area contributed by atoms with Crippen LogP contribution in [0.3, 0.4) is 0 Å². The number of rotatable bonds is 4. The van der Waals surface area contributed by atoms with Gasteiger partial charge in [0.25, 0.3) is 5.56 Å². The largest absolute Gasteiger partial charge is 0.573 e. The van der Waals surface area contributed by atoms with Gasteiger partial charge in [-0.05, 0) is 24.6 Å². The summed E-state index contributed by atoms with van der Waals surface area (Å²) in [7, 11) is 0. The smallest absolute Gasteiger partial charge is 0.406 e. The van der Waals surface area contributed by atoms with Gasteiger partial charge in [-0.3, -0.25) is 19.5 Å². The average molecular weight is 397 g/mol. The fraction of sp³-hybridized carbons (Fsp3) is 0.176. The molecule has 146 valence electrons. The van der Waals surface area contributed by atoms with Gasteiger partial charge in [-0.1, -0.05) is 12.1 Å². The summed E-state index contributed by atoms with van der Waals surface area (Å²) in [5.41, 5.74) is -1.24. The predicted molar refractivity (Wildman–Crippen MR) is 89.6 cm³/mol. The lowest BCUT2D eigenvalue weighted by Gasteiger charge is -2.19. The minimum atomic E-state index is -4.88. The molecule has 7 nitrogen and oxygen atoms in total. The molecule has 28 heavy (non-hydrogen) atoms. The molecule has 1 unspecified atom stereocenters. The number of nitrogens with zero attached hydrogens (tertiary/aromatic N) is 3. The molecule has 0 saturated heterocycles. The third-order valence-electron chi connectivity index (χ3n) is 4.01. The predicted octanol–water partition coefficient (Wildman–Crippen LogP) is 3.95. The van der Waals surface area contributed by atoms with E-state index in [0.29, 0.717) is 0 Å². The maximum absolute atomic E-state index is 14.1. The topological polar surface area (TPSA) is 87.3 Å². The molecule has 0 aliphatic rings. The van der Waals surface area contributed by atoms with E-state index in [1.807, 2.05) is 0 Å². The molecule has 1 heterocycles. The van der Waals surface area contributed by atoms with Crippen LogP contribution in [0.15, 0.2) is 47.4 Å². The number of hydrogen-bond donors (Lipinski definition) is 0. The highest BCUT2D eigenvalue weighted by Gasteiger charge is 2.31. The summed E-state index contributed by atoms with van der Waals surface area (Å²) in [4.78, 5) is 26.1. The number of nitro groups is 1. The van der Waals surface area contributed by atoms with E-state index in [9.17, 15) is 32.5 Å². The molecule has 11 heteroatoms. The van der Waals surface area contributed by atoms with E-state index in [2.05, 4.69) is 9.72 Å². The van der Waals surface area contributed by atoms with Crippen molar-refractivity contribution < 1.29 is 27.2 Å². The van der Waals surface area contributed by atoms with E-state index in [1.54, 1.807) is 0 Å². The van der Waals surface area contributed by atoms with Gasteiger partial charge < -0.3 is 4.74 Å². The third-order valence-corrected chi connectivity index (χ3v) is 4.01. The first-order chi connectivity index (χ1) is 13.1. The lowest BCUT2D eigenvalue weighted by Crippen LogP contribution is -2.25. The summed E-state index contributed by atoms with van der Waals surface area (Å²) in [5.74, 6) is -1.65. The highest BCUT2D eigenvalue weighted by Crippen LogP contribution is 2.29. The van der Waals surface area contributed by atoms with Gasteiger partial charge in [0.15, 0.2) is 0 Å². The Morgan fingerprint density at radius 1 is 1.25 bits per heavy atom. The van der Waals surface area contributed by atoms with Gasteiger partial charge in [0.05, 0.1) is 28.2 Å². The minimum Gasteiger partial charge on any atom is -0.406 e. The van der Waals surface area contributed by atoms with Crippen molar-refractivity contribution in [1.29, 1.82) is 0 Å². The Morgan fingerprint density at radius 3 is 2.61 bits per heavy atom.